The number of hydrogen-bond acceptors (Lipinski definition) is 6. The van der Waals surface area contributed by atoms with E-state index < -0.39 is 12.8 Å². The number of oxime groups is 1. The molecule has 0 unspecified atom stereocenters. The number of piperidine rings is 2. The van der Waals surface area contributed by atoms with Gasteiger partial charge in [0.2, 0.25) is 12.5 Å². The lowest BCUT2D eigenvalue weighted by molar-refractivity contribution is -0.173. The van der Waals surface area contributed by atoms with Crippen LogP contribution in [0.4, 0.5) is 19.0 Å². The van der Waals surface area contributed by atoms with Crippen LogP contribution in [-0.4, -0.2) is 65.4 Å². The molecule has 1 aromatic heterocycles. The van der Waals surface area contributed by atoms with Crippen molar-refractivity contribution in [1.29, 1.82) is 0 Å². The molecule has 2 fully saturated rings. The predicted octanol–water partition coefficient (Wildman–Crippen LogP) is 4.75. The summed E-state index contributed by atoms with van der Waals surface area (Å²) in [6, 6.07) is 10.6. The third-order valence-electron chi connectivity index (χ3n) is 6.91. The number of likely N-dealkylation sites (tertiary alicyclic amines) is 2. The van der Waals surface area contributed by atoms with Crippen LogP contribution < -0.4 is 5.73 Å². The second-order valence-corrected chi connectivity index (χ2v) is 10.0. The minimum Gasteiger partial charge on any atom is -0.386 e. The van der Waals surface area contributed by atoms with Crippen LogP contribution in [0.3, 0.4) is 0 Å². The lowest BCUT2D eigenvalue weighted by Gasteiger charge is -2.37. The van der Waals surface area contributed by atoms with E-state index in [1.807, 2.05) is 17.0 Å². The van der Waals surface area contributed by atoms with Gasteiger partial charge in [0.05, 0.1) is 5.71 Å². The number of halogens is 4. The van der Waals surface area contributed by atoms with Gasteiger partial charge in [-0.3, -0.25) is 9.69 Å². The van der Waals surface area contributed by atoms with Crippen molar-refractivity contribution in [3.8, 4) is 0 Å². The number of rotatable bonds is 7. The Morgan fingerprint density at radius 2 is 1.70 bits per heavy atom. The van der Waals surface area contributed by atoms with E-state index in [0.717, 1.165) is 38.0 Å². The van der Waals surface area contributed by atoms with Gasteiger partial charge in [0.15, 0.2) is 0 Å². The number of aromatic nitrogens is 1. The van der Waals surface area contributed by atoms with Crippen LogP contribution in [0.5, 0.6) is 0 Å². The average Bonchev–Trinajstić information content (AvgIpc) is 2.87. The molecular formula is C26H31ClF3N5O2. The van der Waals surface area contributed by atoms with Gasteiger partial charge in [-0.1, -0.05) is 28.9 Å². The number of nitrogens with zero attached hydrogens (tertiary/aromatic N) is 4. The Bertz CT molecular complexity index is 1080. The molecule has 0 bridgehead atoms. The van der Waals surface area contributed by atoms with Crippen molar-refractivity contribution in [3.05, 3.63) is 58.7 Å². The van der Waals surface area contributed by atoms with E-state index in [2.05, 4.69) is 19.9 Å². The zero-order valence-electron chi connectivity index (χ0n) is 20.5. The summed E-state index contributed by atoms with van der Waals surface area (Å²) in [7, 11) is 0. The van der Waals surface area contributed by atoms with Gasteiger partial charge in [-0.25, -0.2) is 4.98 Å². The van der Waals surface area contributed by atoms with Gasteiger partial charge >= 0.3 is 6.18 Å². The van der Waals surface area contributed by atoms with E-state index in [1.165, 1.54) is 0 Å². The molecule has 0 atom stereocenters. The van der Waals surface area contributed by atoms with Gasteiger partial charge < -0.3 is 15.5 Å². The van der Waals surface area contributed by atoms with Crippen molar-refractivity contribution in [2.24, 2.45) is 17.0 Å². The molecule has 0 saturated carbocycles. The minimum atomic E-state index is -4.47. The molecule has 37 heavy (non-hydrogen) atoms. The molecule has 1 amide bonds. The molecule has 200 valence electrons. The maximum atomic E-state index is 13.2. The average molecular weight is 538 g/mol. The molecule has 0 aliphatic carbocycles. The highest BCUT2D eigenvalue weighted by atomic mass is 35.5. The number of hydrogen-bond donors (Lipinski definition) is 1. The third kappa shape index (κ3) is 7.82. The van der Waals surface area contributed by atoms with Gasteiger partial charge in [-0.15, -0.1) is 0 Å². The molecule has 2 aliphatic heterocycles. The summed E-state index contributed by atoms with van der Waals surface area (Å²) < 4.78 is 37.8. The molecule has 2 N–H and O–H groups in total. The number of anilines is 1. The van der Waals surface area contributed by atoms with Crippen LogP contribution in [0.15, 0.2) is 47.8 Å². The van der Waals surface area contributed by atoms with Gasteiger partial charge in [-0.05, 0) is 74.2 Å². The first-order chi connectivity index (χ1) is 17.7. The molecule has 1 aromatic carbocycles. The summed E-state index contributed by atoms with van der Waals surface area (Å²) in [5, 5.41) is 4.40. The van der Waals surface area contributed by atoms with Crippen LogP contribution in [0, 0.1) is 11.8 Å². The fourth-order valence-electron chi connectivity index (χ4n) is 4.98. The Balaban J connectivity index is 1.31. The van der Waals surface area contributed by atoms with Gasteiger partial charge in [0.1, 0.15) is 5.82 Å². The van der Waals surface area contributed by atoms with Crippen LogP contribution in [0.1, 0.15) is 36.8 Å². The highest BCUT2D eigenvalue weighted by Crippen LogP contribution is 2.28. The molecule has 2 saturated heterocycles. The Morgan fingerprint density at radius 3 is 2.32 bits per heavy atom. The number of nitrogens with two attached hydrogens (primary N) is 1. The molecule has 0 radical (unpaired) electrons. The second-order valence-electron chi connectivity index (χ2n) is 9.61. The number of pyridine rings is 1. The second kappa shape index (κ2) is 12.1. The van der Waals surface area contributed by atoms with Crippen LogP contribution in [-0.2, 0) is 16.2 Å². The SMILES string of the molecule is Nc1cc(CN2CCC(C(=O)N3CCC(/C(=N\OCC(F)(F)F)c4ccc(Cl)cc4)CC3)CC2)ccn1. The van der Waals surface area contributed by atoms with Crippen molar-refractivity contribution in [2.75, 3.05) is 38.5 Å². The highest BCUT2D eigenvalue weighted by molar-refractivity contribution is 6.30. The van der Waals surface area contributed by atoms with E-state index in [0.29, 0.717) is 48.0 Å². The summed E-state index contributed by atoms with van der Waals surface area (Å²) >= 11 is 5.98. The highest BCUT2D eigenvalue weighted by Gasteiger charge is 2.33. The Hall–Kier alpha value is -2.85. The van der Waals surface area contributed by atoms with Crippen molar-refractivity contribution in [2.45, 2.75) is 38.4 Å². The van der Waals surface area contributed by atoms with E-state index in [4.69, 9.17) is 17.3 Å². The number of amides is 1. The number of nitrogen functional groups attached to an aromatic ring is 1. The molecule has 7 nitrogen and oxygen atoms in total. The smallest absolute Gasteiger partial charge is 0.386 e. The maximum Gasteiger partial charge on any atom is 0.425 e. The van der Waals surface area contributed by atoms with Gasteiger partial charge in [0.25, 0.3) is 0 Å². The molecule has 2 aromatic rings. The van der Waals surface area contributed by atoms with Crippen LogP contribution >= 0.6 is 11.6 Å². The maximum absolute atomic E-state index is 13.2. The standard InChI is InChI=1S/C26H31ClF3N5O2/c27-22-3-1-19(2-4-22)24(33-37-17-26(28,29)30)20-8-13-35(14-9-20)25(36)21-6-11-34(12-7-21)16-18-5-10-32-23(31)15-18/h1-5,10,15,20-21H,6-9,11-14,16-17H2,(H2,31,32)/b33-24-. The summed E-state index contributed by atoms with van der Waals surface area (Å²) in [5.74, 6) is 0.523. The summed E-state index contributed by atoms with van der Waals surface area (Å²) in [4.78, 5) is 26.1. The normalized spacial score (nSPS) is 18.7. The lowest BCUT2D eigenvalue weighted by atomic mass is 9.87. The van der Waals surface area contributed by atoms with Gasteiger partial charge in [0, 0.05) is 42.7 Å². The number of benzene rings is 1. The predicted molar refractivity (Wildman–Crippen MR) is 136 cm³/mol. The molecule has 4 rings (SSSR count). The van der Waals surface area contributed by atoms with Crippen molar-refractivity contribution in [3.63, 3.8) is 0 Å². The van der Waals surface area contributed by atoms with Crippen molar-refractivity contribution in [1.82, 2.24) is 14.8 Å². The van der Waals surface area contributed by atoms with E-state index in [-0.39, 0.29) is 17.7 Å². The topological polar surface area (TPSA) is 84.0 Å². The van der Waals surface area contributed by atoms with Gasteiger partial charge in [-0.2, -0.15) is 13.2 Å². The van der Waals surface area contributed by atoms with E-state index >= 15 is 0 Å². The Morgan fingerprint density at radius 1 is 1.05 bits per heavy atom. The summed E-state index contributed by atoms with van der Waals surface area (Å²) in [5.41, 5.74) is 8.00. The molecule has 2 aliphatic rings. The first kappa shape index (κ1) is 27.2. The van der Waals surface area contributed by atoms with E-state index in [1.54, 1.807) is 30.5 Å². The minimum absolute atomic E-state index is 0.0187. The lowest BCUT2D eigenvalue weighted by Crippen LogP contribution is -2.46. The molecule has 3 heterocycles. The quantitative estimate of drug-likeness (QED) is 0.407. The third-order valence-corrected chi connectivity index (χ3v) is 7.16. The molecule has 11 heteroatoms. The van der Waals surface area contributed by atoms with Crippen LogP contribution in [0.25, 0.3) is 0 Å². The largest absolute Gasteiger partial charge is 0.425 e. The zero-order valence-corrected chi connectivity index (χ0v) is 21.2. The molecule has 0 spiro atoms. The first-order valence-corrected chi connectivity index (χ1v) is 12.8. The number of carbonyl (C=O) groups is 1. The number of carbonyl (C=O) groups excluding carboxylic acids is 1. The van der Waals surface area contributed by atoms with Crippen molar-refractivity contribution >= 4 is 29.0 Å². The van der Waals surface area contributed by atoms with Crippen LogP contribution in [0.2, 0.25) is 5.02 Å². The molecular weight excluding hydrogens is 507 g/mol. The monoisotopic (exact) mass is 537 g/mol. The van der Waals surface area contributed by atoms with Crippen molar-refractivity contribution < 1.29 is 22.8 Å². The van der Waals surface area contributed by atoms with E-state index in [9.17, 15) is 18.0 Å². The first-order valence-electron chi connectivity index (χ1n) is 12.4. The Kier molecular flexibility index (Phi) is 8.91. The summed E-state index contributed by atoms with van der Waals surface area (Å²) in [6.45, 7) is 2.06. The fourth-order valence-corrected chi connectivity index (χ4v) is 5.11. The fraction of sp³-hybridized carbons (Fsp3) is 0.500. The Labute approximate surface area is 219 Å². The summed E-state index contributed by atoms with van der Waals surface area (Å²) in [6.07, 6.45) is 0.0294. The zero-order chi connectivity index (χ0) is 26.4. The number of alkyl halides is 3.